The largest absolute Gasteiger partial charge is 0.423 e. The monoisotopic (exact) mass is 511 g/mol. The van der Waals surface area contributed by atoms with Gasteiger partial charge in [0, 0.05) is 59.9 Å². The van der Waals surface area contributed by atoms with Crippen molar-refractivity contribution in [2.24, 2.45) is 0 Å². The smallest absolute Gasteiger partial charge is 0.325 e. The molecule has 0 spiro atoms. The zero-order chi connectivity index (χ0) is 24.7. The number of nitrogens with zero attached hydrogens (tertiary/aromatic N) is 5. The molecule has 0 aliphatic carbocycles. The number of aromatic nitrogens is 4. The highest BCUT2D eigenvalue weighted by Gasteiger charge is 2.21. The van der Waals surface area contributed by atoms with Crippen molar-refractivity contribution in [1.82, 2.24) is 24.8 Å². The Hall–Kier alpha value is -2.88. The van der Waals surface area contributed by atoms with Crippen LogP contribution in [0.2, 0.25) is 5.02 Å². The average Bonchev–Trinajstić information content (AvgIpc) is 3.43. The highest BCUT2D eigenvalue weighted by atomic mass is 35.5. The molecule has 4 aromatic rings. The first-order valence-corrected chi connectivity index (χ1v) is 12.9. The number of anilines is 3. The molecule has 3 aromatic heterocycles. The van der Waals surface area contributed by atoms with Crippen molar-refractivity contribution in [3.05, 3.63) is 46.1 Å². The summed E-state index contributed by atoms with van der Waals surface area (Å²) in [5.74, 6) is 1.96. The summed E-state index contributed by atoms with van der Waals surface area (Å²) < 4.78 is 6.15. The summed E-state index contributed by atoms with van der Waals surface area (Å²) in [5.41, 5.74) is 2.04. The Labute approximate surface area is 214 Å². The van der Waals surface area contributed by atoms with E-state index in [9.17, 15) is 0 Å². The van der Waals surface area contributed by atoms with Gasteiger partial charge in [-0.2, -0.15) is 9.97 Å². The van der Waals surface area contributed by atoms with Crippen LogP contribution in [0.25, 0.3) is 10.9 Å². The van der Waals surface area contributed by atoms with E-state index in [-0.39, 0.29) is 11.4 Å². The van der Waals surface area contributed by atoms with Crippen LogP contribution >= 0.6 is 22.9 Å². The van der Waals surface area contributed by atoms with Crippen LogP contribution in [-0.4, -0.2) is 58.1 Å². The van der Waals surface area contributed by atoms with E-state index in [0.717, 1.165) is 53.7 Å². The number of aromatic amines is 1. The highest BCUT2D eigenvalue weighted by Crippen LogP contribution is 2.36. The number of thiazole rings is 1. The Morgan fingerprint density at radius 1 is 1.11 bits per heavy atom. The quantitative estimate of drug-likeness (QED) is 0.342. The summed E-state index contributed by atoms with van der Waals surface area (Å²) in [6, 6.07) is 8.00. The summed E-state index contributed by atoms with van der Waals surface area (Å²) in [7, 11) is 2.13. The van der Waals surface area contributed by atoms with Gasteiger partial charge in [-0.3, -0.25) is 0 Å². The summed E-state index contributed by atoms with van der Waals surface area (Å²) in [6.45, 7) is 12.2. The second kappa shape index (κ2) is 9.29. The number of piperazine rings is 1. The molecule has 184 valence electrons. The third-order valence-corrected chi connectivity index (χ3v) is 7.77. The number of fused-ring (bicyclic) bond motifs is 1. The van der Waals surface area contributed by atoms with E-state index in [1.807, 2.05) is 37.4 Å². The van der Waals surface area contributed by atoms with Crippen LogP contribution in [0.15, 0.2) is 30.5 Å². The molecule has 5 rings (SSSR count). The second-order valence-electron chi connectivity index (χ2n) is 9.98. The predicted molar refractivity (Wildman–Crippen MR) is 144 cm³/mol. The zero-order valence-electron chi connectivity index (χ0n) is 20.6. The van der Waals surface area contributed by atoms with E-state index >= 15 is 0 Å². The fraction of sp³-hybridized carbons (Fsp3) is 0.400. The van der Waals surface area contributed by atoms with E-state index < -0.39 is 0 Å². The number of H-pyrrole nitrogens is 1. The number of benzene rings is 1. The van der Waals surface area contributed by atoms with Crippen LogP contribution < -0.4 is 15.0 Å². The van der Waals surface area contributed by atoms with E-state index in [1.165, 1.54) is 4.88 Å². The number of hydrogen-bond acceptors (Lipinski definition) is 8. The lowest BCUT2D eigenvalue weighted by Crippen LogP contribution is -2.44. The molecule has 0 unspecified atom stereocenters. The average molecular weight is 512 g/mol. The van der Waals surface area contributed by atoms with Crippen molar-refractivity contribution < 1.29 is 4.74 Å². The maximum atomic E-state index is 6.68. The lowest BCUT2D eigenvalue weighted by Gasteiger charge is -2.33. The number of likely N-dealkylation sites (N-methyl/N-ethyl adjacent to an activating group) is 1. The zero-order valence-corrected chi connectivity index (χ0v) is 22.2. The number of nitrogens with one attached hydrogen (secondary N) is 2. The molecular weight excluding hydrogens is 482 g/mol. The van der Waals surface area contributed by atoms with Crippen molar-refractivity contribution in [3.8, 4) is 11.8 Å². The molecule has 0 saturated carbocycles. The molecule has 0 atom stereocenters. The summed E-state index contributed by atoms with van der Waals surface area (Å²) >= 11 is 8.31. The van der Waals surface area contributed by atoms with Gasteiger partial charge < -0.3 is 24.8 Å². The van der Waals surface area contributed by atoms with E-state index in [1.54, 1.807) is 11.3 Å². The van der Waals surface area contributed by atoms with Gasteiger partial charge in [-0.15, -0.1) is 11.3 Å². The second-order valence-corrected chi connectivity index (χ2v) is 11.4. The molecule has 1 saturated heterocycles. The molecule has 0 amide bonds. The first kappa shape index (κ1) is 23.8. The Morgan fingerprint density at radius 2 is 1.89 bits per heavy atom. The molecule has 2 N–H and O–H groups in total. The summed E-state index contributed by atoms with van der Waals surface area (Å²) in [5, 5.41) is 5.59. The molecule has 35 heavy (non-hydrogen) atoms. The minimum atomic E-state index is 0.0362. The van der Waals surface area contributed by atoms with E-state index in [0.29, 0.717) is 16.6 Å². The fourth-order valence-electron chi connectivity index (χ4n) is 3.97. The number of rotatable bonds is 5. The van der Waals surface area contributed by atoms with Gasteiger partial charge >= 0.3 is 6.01 Å². The van der Waals surface area contributed by atoms with E-state index in [4.69, 9.17) is 21.3 Å². The summed E-state index contributed by atoms with van der Waals surface area (Å²) in [6.07, 6.45) is 1.92. The third kappa shape index (κ3) is 5.22. The molecule has 1 fully saturated rings. The van der Waals surface area contributed by atoms with Gasteiger partial charge in [0.25, 0.3) is 0 Å². The lowest BCUT2D eigenvalue weighted by molar-refractivity contribution is 0.311. The minimum absolute atomic E-state index is 0.0362. The van der Waals surface area contributed by atoms with Crippen molar-refractivity contribution in [2.75, 3.05) is 43.4 Å². The van der Waals surface area contributed by atoms with Gasteiger partial charge in [0.2, 0.25) is 0 Å². The molecule has 1 aliphatic rings. The lowest BCUT2D eigenvalue weighted by atomic mass is 9.96. The van der Waals surface area contributed by atoms with Crippen LogP contribution in [0.4, 0.5) is 16.8 Å². The standard InChI is InChI=1S/C25H30ClN7OS/c1-15-12-16-17(28-15)6-7-18(22(16)26)34-23-29-20(30-24-27-14-19(35-24)25(2,3)4)13-21(31-23)33-10-8-32(5)9-11-33/h6-7,12-14,28H,8-11H2,1-5H3,(H,27,29,30,31). The number of hydrogen-bond donors (Lipinski definition) is 2. The van der Waals surface area contributed by atoms with Gasteiger partial charge in [-0.05, 0) is 37.6 Å². The Morgan fingerprint density at radius 3 is 2.60 bits per heavy atom. The maximum absolute atomic E-state index is 6.68. The molecule has 10 heteroatoms. The van der Waals surface area contributed by atoms with Crippen molar-refractivity contribution in [2.45, 2.75) is 33.1 Å². The molecule has 1 aliphatic heterocycles. The topological polar surface area (TPSA) is 82.2 Å². The normalized spacial score (nSPS) is 15.1. The van der Waals surface area contributed by atoms with E-state index in [2.05, 4.69) is 57.9 Å². The molecule has 1 aromatic carbocycles. The van der Waals surface area contributed by atoms with Crippen LogP contribution in [0.1, 0.15) is 31.3 Å². The number of aryl methyl sites for hydroxylation is 1. The third-order valence-electron chi connectivity index (χ3n) is 6.04. The molecule has 0 radical (unpaired) electrons. The van der Waals surface area contributed by atoms with Gasteiger partial charge in [-0.1, -0.05) is 32.4 Å². The van der Waals surface area contributed by atoms with Gasteiger partial charge in [0.15, 0.2) is 5.13 Å². The molecule has 4 heterocycles. The number of halogens is 1. The minimum Gasteiger partial charge on any atom is -0.423 e. The maximum Gasteiger partial charge on any atom is 0.325 e. The highest BCUT2D eigenvalue weighted by molar-refractivity contribution is 7.15. The Kier molecular flexibility index (Phi) is 6.33. The first-order valence-electron chi connectivity index (χ1n) is 11.7. The predicted octanol–water partition coefficient (Wildman–Crippen LogP) is 5.96. The van der Waals surface area contributed by atoms with Crippen LogP contribution in [0.3, 0.4) is 0 Å². The Bertz CT molecular complexity index is 1350. The van der Waals surface area contributed by atoms with Crippen molar-refractivity contribution in [1.29, 1.82) is 0 Å². The van der Waals surface area contributed by atoms with Crippen LogP contribution in [0.5, 0.6) is 11.8 Å². The van der Waals surface area contributed by atoms with Crippen molar-refractivity contribution >= 4 is 50.6 Å². The fourth-order valence-corrected chi connectivity index (χ4v) is 5.11. The van der Waals surface area contributed by atoms with Gasteiger partial charge in [0.05, 0.1) is 5.02 Å². The van der Waals surface area contributed by atoms with Gasteiger partial charge in [0.1, 0.15) is 17.4 Å². The number of ether oxygens (including phenoxy) is 1. The van der Waals surface area contributed by atoms with Crippen LogP contribution in [0, 0.1) is 6.92 Å². The van der Waals surface area contributed by atoms with Crippen molar-refractivity contribution in [3.63, 3.8) is 0 Å². The van der Waals surface area contributed by atoms with Crippen LogP contribution in [-0.2, 0) is 5.41 Å². The SMILES string of the molecule is Cc1cc2c(Cl)c(Oc3nc(Nc4ncc(C(C)(C)C)s4)cc(N4CCN(C)CC4)n3)ccc2[nH]1. The molecule has 8 nitrogen and oxygen atoms in total. The first-order chi connectivity index (χ1) is 16.7. The Balaban J connectivity index is 1.48. The van der Waals surface area contributed by atoms with Gasteiger partial charge in [-0.25, -0.2) is 4.98 Å². The molecular formula is C25H30ClN7OS. The summed E-state index contributed by atoms with van der Waals surface area (Å²) in [4.78, 5) is 23.0. The molecule has 0 bridgehead atoms.